The summed E-state index contributed by atoms with van der Waals surface area (Å²) in [6.07, 6.45) is -0.612. The Kier molecular flexibility index (Phi) is 8.98. The maximum Gasteiger partial charge on any atom is 0.254 e. The molecule has 0 bridgehead atoms. The third-order valence-corrected chi connectivity index (χ3v) is 9.47. The normalized spacial score (nSPS) is 18.3. The molecule has 226 valence electrons. The Morgan fingerprint density at radius 1 is 1.07 bits per heavy atom. The SMILES string of the molecule is Cc1c(O)cccc1C(=O)N[C@@H](Cc1ccccc1)[C@H](O)C(=O)N1CSC(C)(C)[C@@H]1C(=O)NCc1ccc2c(c1)CCO2. The fourth-order valence-electron chi connectivity index (χ4n) is 5.62. The van der Waals surface area contributed by atoms with Crippen molar-refractivity contribution < 1.29 is 29.3 Å². The van der Waals surface area contributed by atoms with Crippen LogP contribution in [0.15, 0.2) is 66.7 Å². The van der Waals surface area contributed by atoms with E-state index in [-0.39, 0.29) is 29.5 Å². The molecule has 43 heavy (non-hydrogen) atoms. The van der Waals surface area contributed by atoms with E-state index in [1.165, 1.54) is 22.7 Å². The van der Waals surface area contributed by atoms with Gasteiger partial charge >= 0.3 is 0 Å². The fraction of sp³-hybridized carbons (Fsp3) is 0.364. The largest absolute Gasteiger partial charge is 0.508 e. The highest BCUT2D eigenvalue weighted by atomic mass is 32.2. The number of nitrogens with one attached hydrogen (secondary N) is 2. The molecule has 0 unspecified atom stereocenters. The van der Waals surface area contributed by atoms with E-state index >= 15 is 0 Å². The van der Waals surface area contributed by atoms with Crippen LogP contribution in [0.1, 0.15) is 46.5 Å². The summed E-state index contributed by atoms with van der Waals surface area (Å²) >= 11 is 1.46. The zero-order valence-electron chi connectivity index (χ0n) is 24.5. The Morgan fingerprint density at radius 3 is 2.60 bits per heavy atom. The minimum atomic E-state index is -1.62. The molecule has 5 rings (SSSR count). The van der Waals surface area contributed by atoms with Crippen molar-refractivity contribution in [2.24, 2.45) is 0 Å². The predicted molar refractivity (Wildman–Crippen MR) is 165 cm³/mol. The number of fused-ring (bicyclic) bond motifs is 1. The number of phenols is 1. The molecule has 3 amide bonds. The highest BCUT2D eigenvalue weighted by molar-refractivity contribution is 8.00. The van der Waals surface area contributed by atoms with Crippen LogP contribution < -0.4 is 15.4 Å². The lowest BCUT2D eigenvalue weighted by Crippen LogP contribution is -2.58. The van der Waals surface area contributed by atoms with Gasteiger partial charge in [0.05, 0.1) is 18.5 Å². The second-order valence-electron chi connectivity index (χ2n) is 11.5. The number of hydrogen-bond acceptors (Lipinski definition) is 7. The van der Waals surface area contributed by atoms with E-state index in [0.29, 0.717) is 18.7 Å². The number of benzene rings is 3. The summed E-state index contributed by atoms with van der Waals surface area (Å²) in [6.45, 7) is 6.38. The van der Waals surface area contributed by atoms with Gasteiger partial charge in [-0.2, -0.15) is 0 Å². The van der Waals surface area contributed by atoms with E-state index in [0.717, 1.165) is 28.9 Å². The standard InChI is InChI=1S/C33H37N3O6S/c1-20-24(10-7-11-26(20)37)30(39)35-25(17-21-8-5-4-6-9-21)28(38)32(41)36-19-43-33(2,3)29(36)31(40)34-18-22-12-13-27-23(16-22)14-15-42-27/h4-13,16,25,28-29,37-38H,14-15,17-19H2,1-3H3,(H,34,40)(H,35,39)/t25-,28-,29-/m0/s1. The molecule has 3 atom stereocenters. The number of hydrogen-bond donors (Lipinski definition) is 4. The van der Waals surface area contributed by atoms with Crippen molar-refractivity contribution >= 4 is 29.5 Å². The summed E-state index contributed by atoms with van der Waals surface area (Å²) < 4.78 is 4.96. The van der Waals surface area contributed by atoms with Crippen molar-refractivity contribution in [1.29, 1.82) is 0 Å². The number of phenolic OH excluding ortho intramolecular Hbond substituents is 1. The van der Waals surface area contributed by atoms with Gasteiger partial charge in [0.25, 0.3) is 11.8 Å². The summed E-state index contributed by atoms with van der Waals surface area (Å²) in [7, 11) is 0. The molecule has 4 N–H and O–H groups in total. The van der Waals surface area contributed by atoms with Gasteiger partial charge in [-0.3, -0.25) is 14.4 Å². The van der Waals surface area contributed by atoms with Crippen LogP contribution >= 0.6 is 11.8 Å². The van der Waals surface area contributed by atoms with Crippen LogP contribution in [0.25, 0.3) is 0 Å². The lowest BCUT2D eigenvalue weighted by Gasteiger charge is -2.33. The molecule has 0 spiro atoms. The number of rotatable bonds is 9. The van der Waals surface area contributed by atoms with Gasteiger partial charge in [-0.25, -0.2) is 0 Å². The van der Waals surface area contributed by atoms with Gasteiger partial charge in [0, 0.05) is 28.8 Å². The van der Waals surface area contributed by atoms with Crippen LogP contribution in [0, 0.1) is 6.92 Å². The molecule has 10 heteroatoms. The molecule has 0 saturated carbocycles. The predicted octanol–water partition coefficient (Wildman–Crippen LogP) is 3.33. The number of aliphatic hydroxyl groups is 1. The zero-order valence-corrected chi connectivity index (χ0v) is 25.3. The van der Waals surface area contributed by atoms with E-state index in [2.05, 4.69) is 10.6 Å². The van der Waals surface area contributed by atoms with Gasteiger partial charge in [-0.1, -0.05) is 48.5 Å². The first-order valence-corrected chi connectivity index (χ1v) is 15.3. The maximum atomic E-state index is 13.9. The van der Waals surface area contributed by atoms with E-state index in [1.807, 2.05) is 62.4 Å². The lowest BCUT2D eigenvalue weighted by molar-refractivity contribution is -0.147. The second kappa shape index (κ2) is 12.7. The first-order chi connectivity index (χ1) is 20.5. The molecule has 0 aromatic heterocycles. The van der Waals surface area contributed by atoms with Crippen LogP contribution in [-0.4, -0.2) is 68.3 Å². The van der Waals surface area contributed by atoms with Crippen molar-refractivity contribution in [3.8, 4) is 11.5 Å². The number of thioether (sulfide) groups is 1. The van der Waals surface area contributed by atoms with Crippen LogP contribution in [0.2, 0.25) is 0 Å². The van der Waals surface area contributed by atoms with E-state index < -0.39 is 34.7 Å². The number of ether oxygens (including phenoxy) is 1. The maximum absolute atomic E-state index is 13.9. The van der Waals surface area contributed by atoms with Crippen molar-refractivity contribution in [3.63, 3.8) is 0 Å². The Morgan fingerprint density at radius 2 is 1.84 bits per heavy atom. The third kappa shape index (κ3) is 6.65. The van der Waals surface area contributed by atoms with Gasteiger partial charge in [0.2, 0.25) is 5.91 Å². The Labute approximate surface area is 255 Å². The van der Waals surface area contributed by atoms with Crippen LogP contribution in [-0.2, 0) is 29.0 Å². The second-order valence-corrected chi connectivity index (χ2v) is 13.1. The monoisotopic (exact) mass is 603 g/mol. The highest BCUT2D eigenvalue weighted by Gasteiger charge is 2.49. The molecule has 0 radical (unpaired) electrons. The lowest BCUT2D eigenvalue weighted by atomic mass is 9.96. The summed E-state index contributed by atoms with van der Waals surface area (Å²) in [4.78, 5) is 42.2. The smallest absolute Gasteiger partial charge is 0.254 e. The Balaban J connectivity index is 1.34. The average molecular weight is 604 g/mol. The number of amides is 3. The van der Waals surface area contributed by atoms with Crippen LogP contribution in [0.5, 0.6) is 11.5 Å². The minimum Gasteiger partial charge on any atom is -0.508 e. The molecule has 2 aliphatic heterocycles. The van der Waals surface area contributed by atoms with E-state index in [9.17, 15) is 24.6 Å². The molecule has 2 aliphatic rings. The molecule has 1 fully saturated rings. The number of aromatic hydroxyl groups is 1. The van der Waals surface area contributed by atoms with Crippen molar-refractivity contribution in [1.82, 2.24) is 15.5 Å². The summed E-state index contributed by atoms with van der Waals surface area (Å²) in [5.41, 5.74) is 3.50. The Hall–Kier alpha value is -4.02. The molecule has 1 saturated heterocycles. The topological polar surface area (TPSA) is 128 Å². The number of aliphatic hydroxyl groups excluding tert-OH is 1. The zero-order chi connectivity index (χ0) is 30.7. The molecular formula is C33H37N3O6S. The van der Waals surface area contributed by atoms with Gasteiger partial charge in [0.15, 0.2) is 6.10 Å². The van der Waals surface area contributed by atoms with Gasteiger partial charge in [-0.05, 0) is 62.1 Å². The highest BCUT2D eigenvalue weighted by Crippen LogP contribution is 2.40. The molecular weight excluding hydrogens is 566 g/mol. The average Bonchev–Trinajstić information content (AvgIpc) is 3.59. The summed E-state index contributed by atoms with van der Waals surface area (Å²) in [6, 6.07) is 17.9. The van der Waals surface area contributed by atoms with E-state index in [4.69, 9.17) is 4.74 Å². The Bertz CT molecular complexity index is 1510. The number of nitrogens with zero attached hydrogens (tertiary/aromatic N) is 1. The van der Waals surface area contributed by atoms with Crippen molar-refractivity contribution in [3.05, 3.63) is 94.5 Å². The molecule has 3 aromatic carbocycles. The number of carbonyl (C=O) groups excluding carboxylic acids is 3. The van der Waals surface area contributed by atoms with Crippen LogP contribution in [0.4, 0.5) is 0 Å². The van der Waals surface area contributed by atoms with Crippen molar-refractivity contribution in [2.45, 2.75) is 63.1 Å². The minimum absolute atomic E-state index is 0.0257. The summed E-state index contributed by atoms with van der Waals surface area (Å²) in [5.74, 6) is -0.415. The number of carbonyl (C=O) groups is 3. The quantitative estimate of drug-likeness (QED) is 0.295. The molecule has 3 aromatic rings. The molecule has 0 aliphatic carbocycles. The fourth-order valence-corrected chi connectivity index (χ4v) is 6.76. The van der Waals surface area contributed by atoms with Gasteiger partial charge in [-0.15, -0.1) is 11.8 Å². The first-order valence-electron chi connectivity index (χ1n) is 14.3. The van der Waals surface area contributed by atoms with Crippen molar-refractivity contribution in [2.75, 3.05) is 12.5 Å². The molecule has 9 nitrogen and oxygen atoms in total. The third-order valence-electron chi connectivity index (χ3n) is 8.10. The van der Waals surface area contributed by atoms with Gasteiger partial charge in [0.1, 0.15) is 17.5 Å². The first kappa shape index (κ1) is 30.4. The van der Waals surface area contributed by atoms with Gasteiger partial charge < -0.3 is 30.5 Å². The van der Waals surface area contributed by atoms with Crippen LogP contribution in [0.3, 0.4) is 0 Å². The molecule has 2 heterocycles. The van der Waals surface area contributed by atoms with E-state index in [1.54, 1.807) is 19.1 Å². The summed E-state index contributed by atoms with van der Waals surface area (Å²) in [5, 5.41) is 27.4.